The first kappa shape index (κ1) is 13.7. The number of carbonyl (C=O) groups excluding carboxylic acids is 1. The van der Waals surface area contributed by atoms with Crippen LogP contribution in [0.4, 0.5) is 0 Å². The average molecular weight is 253 g/mol. The van der Waals surface area contributed by atoms with Crippen molar-refractivity contribution in [3.05, 3.63) is 24.0 Å². The molecule has 17 heavy (non-hydrogen) atoms. The van der Waals surface area contributed by atoms with Crippen LogP contribution in [0.15, 0.2) is 18.3 Å². The zero-order valence-electron chi connectivity index (χ0n) is 10.3. The van der Waals surface area contributed by atoms with Gasteiger partial charge < -0.3 is 15.6 Å². The van der Waals surface area contributed by atoms with E-state index in [1.54, 1.807) is 10.8 Å². The normalized spacial score (nSPS) is 10.5. The second-order valence-corrected chi connectivity index (χ2v) is 4.41. The Bertz CT molecular complexity index is 396. The molecule has 0 saturated heterocycles. The van der Waals surface area contributed by atoms with Gasteiger partial charge in [0.1, 0.15) is 11.5 Å². The van der Waals surface area contributed by atoms with Crippen molar-refractivity contribution in [2.45, 2.75) is 39.3 Å². The van der Waals surface area contributed by atoms with Gasteiger partial charge in [-0.05, 0) is 25.0 Å². The summed E-state index contributed by atoms with van der Waals surface area (Å²) in [5.74, 6) is -0.00704. The van der Waals surface area contributed by atoms with E-state index < -0.39 is 0 Å². The summed E-state index contributed by atoms with van der Waals surface area (Å²) >= 11 is 4.91. The minimum absolute atomic E-state index is 0.00704. The van der Waals surface area contributed by atoms with Gasteiger partial charge >= 0.3 is 0 Å². The minimum atomic E-state index is -0.00704. The Morgan fingerprint density at radius 3 is 2.71 bits per heavy atom. The van der Waals surface area contributed by atoms with Gasteiger partial charge in [0, 0.05) is 12.2 Å². The molecule has 0 atom stereocenters. The number of nitrogens with one attached hydrogen (secondary N) is 1. The van der Waals surface area contributed by atoms with Crippen LogP contribution < -0.4 is 11.1 Å². The quantitative estimate of drug-likeness (QED) is 0.754. The Kier molecular flexibility index (Phi) is 5.15. The first-order valence-corrected chi connectivity index (χ1v) is 6.23. The fourth-order valence-corrected chi connectivity index (χ4v) is 1.88. The van der Waals surface area contributed by atoms with Crippen molar-refractivity contribution in [1.82, 2.24) is 9.88 Å². The number of hydrogen-bond acceptors (Lipinski definition) is 2. The molecule has 0 aliphatic carbocycles. The van der Waals surface area contributed by atoms with Crippen LogP contribution in [0.2, 0.25) is 0 Å². The zero-order valence-corrected chi connectivity index (χ0v) is 11.1. The maximum absolute atomic E-state index is 11.8. The molecule has 0 unspecified atom stereocenters. The van der Waals surface area contributed by atoms with Crippen molar-refractivity contribution < 1.29 is 4.79 Å². The standard InChI is InChI=1S/C12H19N3OS/c1-3-9(4-2)14-11(16)8-15-7-5-6-10(15)12(13)17/h5-7,9H,3-4,8H2,1-2H3,(H2,13,17)(H,14,16). The molecule has 3 N–H and O–H groups in total. The van der Waals surface area contributed by atoms with Crippen LogP contribution in [-0.4, -0.2) is 21.5 Å². The lowest BCUT2D eigenvalue weighted by Gasteiger charge is -2.15. The van der Waals surface area contributed by atoms with E-state index in [2.05, 4.69) is 19.2 Å². The summed E-state index contributed by atoms with van der Waals surface area (Å²) < 4.78 is 1.76. The van der Waals surface area contributed by atoms with E-state index in [0.29, 0.717) is 4.99 Å². The molecule has 0 radical (unpaired) electrons. The molecule has 1 aromatic heterocycles. The number of amides is 1. The monoisotopic (exact) mass is 253 g/mol. The van der Waals surface area contributed by atoms with E-state index >= 15 is 0 Å². The van der Waals surface area contributed by atoms with Gasteiger partial charge in [-0.15, -0.1) is 0 Å². The van der Waals surface area contributed by atoms with Crippen molar-refractivity contribution in [1.29, 1.82) is 0 Å². The number of rotatable bonds is 6. The second kappa shape index (κ2) is 6.39. The Morgan fingerprint density at radius 1 is 1.53 bits per heavy atom. The smallest absolute Gasteiger partial charge is 0.240 e. The number of nitrogens with zero attached hydrogens (tertiary/aromatic N) is 1. The van der Waals surface area contributed by atoms with Gasteiger partial charge in [-0.2, -0.15) is 0 Å². The topological polar surface area (TPSA) is 60.0 Å². The van der Waals surface area contributed by atoms with Crippen LogP contribution >= 0.6 is 12.2 Å². The largest absolute Gasteiger partial charge is 0.388 e. The van der Waals surface area contributed by atoms with Crippen LogP contribution in [0.3, 0.4) is 0 Å². The Hall–Kier alpha value is -1.36. The van der Waals surface area contributed by atoms with E-state index in [1.807, 2.05) is 12.1 Å². The SMILES string of the molecule is CCC(CC)NC(=O)Cn1cccc1C(N)=S. The maximum atomic E-state index is 11.8. The number of aromatic nitrogens is 1. The molecule has 0 aliphatic heterocycles. The molecule has 0 aromatic carbocycles. The van der Waals surface area contributed by atoms with Gasteiger partial charge in [0.15, 0.2) is 0 Å². The van der Waals surface area contributed by atoms with Gasteiger partial charge in [0.25, 0.3) is 0 Å². The summed E-state index contributed by atoms with van der Waals surface area (Å²) in [4.78, 5) is 12.1. The van der Waals surface area contributed by atoms with E-state index in [1.165, 1.54) is 0 Å². The third-order valence-corrected chi connectivity index (χ3v) is 2.96. The molecular formula is C12H19N3OS. The molecule has 5 heteroatoms. The van der Waals surface area contributed by atoms with Crippen LogP contribution in [0, 0.1) is 0 Å². The summed E-state index contributed by atoms with van der Waals surface area (Å²) in [5, 5.41) is 2.98. The molecule has 0 saturated carbocycles. The summed E-state index contributed by atoms with van der Waals surface area (Å²) in [6.45, 7) is 4.38. The number of thiocarbonyl (C=S) groups is 1. The fourth-order valence-electron chi connectivity index (χ4n) is 1.70. The lowest BCUT2D eigenvalue weighted by molar-refractivity contribution is -0.122. The van der Waals surface area contributed by atoms with Crippen LogP contribution in [0.5, 0.6) is 0 Å². The molecule has 0 fully saturated rings. The Balaban J connectivity index is 2.62. The summed E-state index contributed by atoms with van der Waals surface area (Å²) in [6, 6.07) is 3.89. The molecule has 94 valence electrons. The Labute approximate surface area is 107 Å². The molecule has 1 amide bonds. The molecule has 4 nitrogen and oxygen atoms in total. The molecule has 0 bridgehead atoms. The maximum Gasteiger partial charge on any atom is 0.240 e. The second-order valence-electron chi connectivity index (χ2n) is 3.97. The molecule has 1 rings (SSSR count). The van der Waals surface area contributed by atoms with Gasteiger partial charge in [-0.25, -0.2) is 0 Å². The van der Waals surface area contributed by atoms with Crippen molar-refractivity contribution in [2.75, 3.05) is 0 Å². The third-order valence-electron chi connectivity index (χ3n) is 2.75. The number of nitrogens with two attached hydrogens (primary N) is 1. The van der Waals surface area contributed by atoms with E-state index in [4.69, 9.17) is 18.0 Å². The predicted molar refractivity (Wildman–Crippen MR) is 72.8 cm³/mol. The molecule has 0 aliphatic rings. The molecule has 0 spiro atoms. The fraction of sp³-hybridized carbons (Fsp3) is 0.500. The van der Waals surface area contributed by atoms with Crippen molar-refractivity contribution in [2.24, 2.45) is 5.73 Å². The van der Waals surface area contributed by atoms with Crippen molar-refractivity contribution in [3.8, 4) is 0 Å². The van der Waals surface area contributed by atoms with Gasteiger partial charge in [0.05, 0.1) is 5.69 Å². The van der Waals surface area contributed by atoms with Crippen molar-refractivity contribution in [3.63, 3.8) is 0 Å². The number of carbonyl (C=O) groups is 1. The van der Waals surface area contributed by atoms with Crippen molar-refractivity contribution >= 4 is 23.1 Å². The Morgan fingerprint density at radius 2 is 2.18 bits per heavy atom. The number of hydrogen-bond donors (Lipinski definition) is 2. The van der Waals surface area contributed by atoms with Crippen LogP contribution in [-0.2, 0) is 11.3 Å². The lowest BCUT2D eigenvalue weighted by Crippen LogP contribution is -2.36. The van der Waals surface area contributed by atoms with E-state index in [9.17, 15) is 4.79 Å². The van der Waals surface area contributed by atoms with Gasteiger partial charge in [-0.1, -0.05) is 26.1 Å². The highest BCUT2D eigenvalue weighted by Gasteiger charge is 2.11. The minimum Gasteiger partial charge on any atom is -0.388 e. The third kappa shape index (κ3) is 3.85. The van der Waals surface area contributed by atoms with Gasteiger partial charge in [-0.3, -0.25) is 4.79 Å². The highest BCUT2D eigenvalue weighted by molar-refractivity contribution is 7.80. The average Bonchev–Trinajstić information content (AvgIpc) is 2.74. The first-order chi connectivity index (χ1) is 8.08. The first-order valence-electron chi connectivity index (χ1n) is 5.82. The molecular weight excluding hydrogens is 234 g/mol. The van der Waals surface area contributed by atoms with E-state index in [0.717, 1.165) is 18.5 Å². The summed E-state index contributed by atoms with van der Waals surface area (Å²) in [7, 11) is 0. The zero-order chi connectivity index (χ0) is 12.8. The molecule has 1 heterocycles. The predicted octanol–water partition coefficient (Wildman–Crippen LogP) is 1.43. The van der Waals surface area contributed by atoms with E-state index in [-0.39, 0.29) is 18.5 Å². The van der Waals surface area contributed by atoms with Crippen LogP contribution in [0.25, 0.3) is 0 Å². The van der Waals surface area contributed by atoms with Crippen LogP contribution in [0.1, 0.15) is 32.4 Å². The lowest BCUT2D eigenvalue weighted by atomic mass is 10.2. The highest BCUT2D eigenvalue weighted by Crippen LogP contribution is 2.03. The summed E-state index contributed by atoms with van der Waals surface area (Å²) in [5.41, 5.74) is 6.29. The molecule has 1 aromatic rings. The summed E-state index contributed by atoms with van der Waals surface area (Å²) in [6.07, 6.45) is 3.69. The highest BCUT2D eigenvalue weighted by atomic mass is 32.1. The van der Waals surface area contributed by atoms with Gasteiger partial charge in [0.2, 0.25) is 5.91 Å².